The molecule has 0 aliphatic carbocycles. The number of hydrogen-bond acceptors (Lipinski definition) is 4. The number of hydrogen-bond donors (Lipinski definition) is 1. The first-order valence-electron chi connectivity index (χ1n) is 2.01. The molecule has 4 nitrogen and oxygen atoms in total. The largest absolute Gasteiger partial charge is 0.395 e. The molecule has 51 valence electrons. The molecule has 0 amide bonds. The fourth-order valence-electron chi connectivity index (χ4n) is 0.195. The Morgan fingerprint density at radius 2 is 2.00 bits per heavy atom. The average molecular weight is 163 g/mol. The first kappa shape index (κ1) is 12.5. The zero-order valence-corrected chi connectivity index (χ0v) is 8.31. The Morgan fingerprint density at radius 1 is 1.56 bits per heavy atom. The van der Waals surface area contributed by atoms with Crippen molar-refractivity contribution >= 4 is 39.7 Å². The number of aliphatic hydroxyl groups excluding tert-OH is 1. The molecule has 6 heteroatoms. The Bertz CT molecular complexity index is 140. The van der Waals surface area contributed by atoms with Crippen LogP contribution in [0.2, 0.25) is 0 Å². The fourth-order valence-corrected chi connectivity index (χ4v) is 0.585. The second-order valence-electron chi connectivity index (χ2n) is 1.15. The number of rotatable bonds is 3. The van der Waals surface area contributed by atoms with E-state index in [9.17, 15) is 8.42 Å². The summed E-state index contributed by atoms with van der Waals surface area (Å²) >= 11 is 0. The first-order valence-corrected chi connectivity index (χ1v) is 3.59. The van der Waals surface area contributed by atoms with E-state index in [-0.39, 0.29) is 35.3 Å². The van der Waals surface area contributed by atoms with Crippen molar-refractivity contribution in [1.82, 2.24) is 0 Å². The molecule has 0 aliphatic heterocycles. The zero-order valence-electron chi connectivity index (χ0n) is 5.49. The predicted octanol–water partition coefficient (Wildman–Crippen LogP) is -1.43. The van der Waals surface area contributed by atoms with E-state index >= 15 is 0 Å². The Balaban J connectivity index is 0. The van der Waals surface area contributed by atoms with Crippen LogP contribution in [0.25, 0.3) is 0 Å². The van der Waals surface area contributed by atoms with Crippen molar-refractivity contribution in [1.29, 1.82) is 0 Å². The van der Waals surface area contributed by atoms with E-state index in [1.54, 1.807) is 0 Å². The predicted molar refractivity (Wildman–Crippen MR) is 33.6 cm³/mol. The van der Waals surface area contributed by atoms with Crippen molar-refractivity contribution in [3.8, 4) is 0 Å². The molecule has 0 saturated heterocycles. The van der Waals surface area contributed by atoms with Gasteiger partial charge in [-0.1, -0.05) is 0 Å². The summed E-state index contributed by atoms with van der Waals surface area (Å²) in [5, 5.41) is 8.07. The molecule has 1 radical (unpaired) electrons. The third-order valence-electron chi connectivity index (χ3n) is 0.595. The van der Waals surface area contributed by atoms with Gasteiger partial charge in [0, 0.05) is 29.6 Å². The van der Waals surface area contributed by atoms with Crippen LogP contribution in [0.15, 0.2) is 0 Å². The molecule has 0 heterocycles. The topological polar surface area (TPSA) is 63.6 Å². The summed E-state index contributed by atoms with van der Waals surface area (Å²) in [4.78, 5) is 0. The molecule has 0 fully saturated rings. The minimum absolute atomic E-state index is 0. The van der Waals surface area contributed by atoms with Crippen LogP contribution >= 0.6 is 0 Å². The molecular weight excluding hydrogens is 155 g/mol. The molecular formula is C3H8NaO4S. The second kappa shape index (κ2) is 5.64. The Labute approximate surface area is 76.6 Å². The molecule has 0 bridgehead atoms. The average Bonchev–Trinajstić information content (AvgIpc) is 1.67. The van der Waals surface area contributed by atoms with Crippen molar-refractivity contribution in [3.05, 3.63) is 0 Å². The molecule has 0 saturated carbocycles. The Kier molecular flexibility index (Phi) is 7.86. The van der Waals surface area contributed by atoms with Crippen LogP contribution in [-0.2, 0) is 14.3 Å². The normalized spacial score (nSPS) is 10.4. The molecule has 0 rings (SSSR count). The van der Waals surface area contributed by atoms with Crippen molar-refractivity contribution in [2.24, 2.45) is 0 Å². The molecule has 0 aromatic rings. The number of aliphatic hydroxyl groups is 1. The Hall–Kier alpha value is 0.870. The van der Waals surface area contributed by atoms with E-state index in [4.69, 9.17) is 5.11 Å². The molecule has 0 unspecified atom stereocenters. The van der Waals surface area contributed by atoms with E-state index < -0.39 is 16.7 Å². The van der Waals surface area contributed by atoms with E-state index in [1.807, 2.05) is 0 Å². The van der Waals surface area contributed by atoms with E-state index in [2.05, 4.69) is 4.18 Å². The van der Waals surface area contributed by atoms with Gasteiger partial charge in [0.25, 0.3) is 10.1 Å². The maximum atomic E-state index is 10.2. The smallest absolute Gasteiger partial charge is 0.269 e. The van der Waals surface area contributed by atoms with Crippen molar-refractivity contribution in [2.75, 3.05) is 19.5 Å². The summed E-state index contributed by atoms with van der Waals surface area (Å²) < 4.78 is 24.4. The molecule has 1 N–H and O–H groups in total. The fraction of sp³-hybridized carbons (Fsp3) is 1.00. The van der Waals surface area contributed by atoms with Gasteiger partial charge in [-0.2, -0.15) is 8.42 Å². The van der Waals surface area contributed by atoms with Crippen LogP contribution in [0.1, 0.15) is 0 Å². The van der Waals surface area contributed by atoms with Gasteiger partial charge in [-0.15, -0.1) is 0 Å². The van der Waals surface area contributed by atoms with Crippen LogP contribution in [0, 0.1) is 0 Å². The SMILES string of the molecule is COS(=O)(=O)CCO.[Na]. The second-order valence-corrected chi connectivity index (χ2v) is 3.01. The van der Waals surface area contributed by atoms with Crippen LogP contribution in [0.3, 0.4) is 0 Å². The Morgan fingerprint density at radius 3 is 2.11 bits per heavy atom. The summed E-state index contributed by atoms with van der Waals surface area (Å²) in [6.07, 6.45) is 0. The molecule has 0 spiro atoms. The minimum atomic E-state index is -3.42. The van der Waals surface area contributed by atoms with Crippen molar-refractivity contribution in [2.45, 2.75) is 0 Å². The van der Waals surface area contributed by atoms with Crippen molar-refractivity contribution < 1.29 is 17.7 Å². The first-order chi connectivity index (χ1) is 3.62. The van der Waals surface area contributed by atoms with Crippen LogP contribution in [0.4, 0.5) is 0 Å². The minimum Gasteiger partial charge on any atom is -0.395 e. The van der Waals surface area contributed by atoms with Gasteiger partial charge in [0.05, 0.1) is 19.5 Å². The van der Waals surface area contributed by atoms with E-state index in [1.165, 1.54) is 0 Å². The third-order valence-corrected chi connectivity index (χ3v) is 1.79. The van der Waals surface area contributed by atoms with Gasteiger partial charge in [-0.3, -0.25) is 4.18 Å². The standard InChI is InChI=1S/C3H8O4S.Na/c1-7-8(5,6)3-2-4;/h4H,2-3H2,1H3;. The van der Waals surface area contributed by atoms with Crippen molar-refractivity contribution in [3.63, 3.8) is 0 Å². The van der Waals surface area contributed by atoms with Gasteiger partial charge in [-0.25, -0.2) is 0 Å². The van der Waals surface area contributed by atoms with Gasteiger partial charge < -0.3 is 5.11 Å². The monoisotopic (exact) mass is 163 g/mol. The van der Waals surface area contributed by atoms with Gasteiger partial charge in [0.15, 0.2) is 0 Å². The van der Waals surface area contributed by atoms with Crippen LogP contribution in [0.5, 0.6) is 0 Å². The van der Waals surface area contributed by atoms with Crippen LogP contribution < -0.4 is 0 Å². The molecule has 0 atom stereocenters. The zero-order chi connectivity index (χ0) is 6.62. The molecule has 0 aromatic heterocycles. The molecule has 0 aromatic carbocycles. The quantitative estimate of drug-likeness (QED) is 0.409. The maximum Gasteiger partial charge on any atom is 0.269 e. The van der Waals surface area contributed by atoms with Gasteiger partial charge in [-0.05, 0) is 0 Å². The van der Waals surface area contributed by atoms with E-state index in [0.29, 0.717) is 0 Å². The van der Waals surface area contributed by atoms with Gasteiger partial charge in [0.2, 0.25) is 0 Å². The van der Waals surface area contributed by atoms with Gasteiger partial charge >= 0.3 is 0 Å². The summed E-state index contributed by atoms with van der Waals surface area (Å²) in [6, 6.07) is 0. The van der Waals surface area contributed by atoms with Crippen LogP contribution in [-0.4, -0.2) is 62.6 Å². The summed E-state index contributed by atoms with van der Waals surface area (Å²) in [5.41, 5.74) is 0. The molecule has 9 heavy (non-hydrogen) atoms. The van der Waals surface area contributed by atoms with Gasteiger partial charge in [0.1, 0.15) is 0 Å². The third kappa shape index (κ3) is 6.76. The summed E-state index contributed by atoms with van der Waals surface area (Å²) in [5.74, 6) is -0.330. The maximum absolute atomic E-state index is 10.2. The molecule has 0 aliphatic rings. The summed E-state index contributed by atoms with van der Waals surface area (Å²) in [6.45, 7) is -0.393. The van der Waals surface area contributed by atoms with E-state index in [0.717, 1.165) is 7.11 Å². The summed E-state index contributed by atoms with van der Waals surface area (Å²) in [7, 11) is -2.36.